The molecule has 0 radical (unpaired) electrons. The van der Waals surface area contributed by atoms with E-state index in [-0.39, 0.29) is 10.8 Å². The molecule has 0 aliphatic heterocycles. The minimum atomic E-state index is -4.70. The Morgan fingerprint density at radius 1 is 1.22 bits per heavy atom. The molecule has 0 amide bonds. The first kappa shape index (κ1) is 23.4. The maximum atomic E-state index is 14.0. The number of hydrogen-bond donors (Lipinski definition) is 1. The first-order chi connectivity index (χ1) is 15.1. The number of aliphatic hydroxyl groups is 1. The molecule has 174 valence electrons. The van der Waals surface area contributed by atoms with Crippen LogP contribution in [0.15, 0.2) is 47.1 Å². The summed E-state index contributed by atoms with van der Waals surface area (Å²) in [6.07, 6.45) is 7.02. The predicted octanol–water partition coefficient (Wildman–Crippen LogP) is 7.15. The average Bonchev–Trinajstić information content (AvgIpc) is 3.41. The van der Waals surface area contributed by atoms with Crippen LogP contribution in [0.4, 0.5) is 17.6 Å². The summed E-state index contributed by atoms with van der Waals surface area (Å²) in [5, 5.41) is 9.19. The Balaban J connectivity index is 1.50. The summed E-state index contributed by atoms with van der Waals surface area (Å²) in [7, 11) is 0. The number of rotatable bonds is 3. The number of halogens is 4. The molecule has 0 aromatic rings. The topological polar surface area (TPSA) is 20.2 Å². The summed E-state index contributed by atoms with van der Waals surface area (Å²) in [5.74, 6) is 5.02. The van der Waals surface area contributed by atoms with E-state index in [1.807, 2.05) is 5.92 Å². The number of allylic oxidation sites excluding steroid dienone is 7. The standard InChI is InChI=1S/C27H32F4O/c1-18-19(6-3-8-22(18)28)10-11-20-7-4-14-25(2)21(20)12-13-23(25)26(16-17-26)15-5-9-24(32)27(29,30)31/h10-11,13,21-22,24,32H,1,3-4,6-8,12,14-17H2,2H3/b19-10-,20-11+. The summed E-state index contributed by atoms with van der Waals surface area (Å²) in [4.78, 5) is 0. The lowest BCUT2D eigenvalue weighted by Gasteiger charge is -2.43. The van der Waals surface area contributed by atoms with Crippen LogP contribution in [0.5, 0.6) is 0 Å². The molecule has 4 aliphatic rings. The largest absolute Gasteiger partial charge is 0.425 e. The minimum Gasteiger partial charge on any atom is -0.372 e. The number of fused-ring (bicyclic) bond motifs is 1. The second-order valence-corrected chi connectivity index (χ2v) is 10.2. The molecule has 0 bridgehead atoms. The Morgan fingerprint density at radius 2 is 1.97 bits per heavy atom. The van der Waals surface area contributed by atoms with Gasteiger partial charge in [-0.3, -0.25) is 0 Å². The summed E-state index contributed by atoms with van der Waals surface area (Å²) >= 11 is 0. The number of aliphatic hydroxyl groups excluding tert-OH is 1. The molecular formula is C27H32F4O. The molecule has 0 aromatic carbocycles. The zero-order valence-corrected chi connectivity index (χ0v) is 18.7. The van der Waals surface area contributed by atoms with Crippen molar-refractivity contribution >= 4 is 0 Å². The molecule has 1 nitrogen and oxygen atoms in total. The second-order valence-electron chi connectivity index (χ2n) is 10.2. The van der Waals surface area contributed by atoms with Gasteiger partial charge in [0.15, 0.2) is 0 Å². The highest BCUT2D eigenvalue weighted by atomic mass is 19.4. The van der Waals surface area contributed by atoms with Crippen LogP contribution in [-0.4, -0.2) is 23.6 Å². The summed E-state index contributed by atoms with van der Waals surface area (Å²) in [6.45, 7) is 6.24. The van der Waals surface area contributed by atoms with Gasteiger partial charge in [0.2, 0.25) is 6.10 Å². The Bertz CT molecular complexity index is 922. The summed E-state index contributed by atoms with van der Waals surface area (Å²) in [5.41, 5.74) is 4.24. The molecule has 0 saturated heterocycles. The first-order valence-corrected chi connectivity index (χ1v) is 11.7. The van der Waals surface area contributed by atoms with Gasteiger partial charge in [0.1, 0.15) is 6.17 Å². The van der Waals surface area contributed by atoms with Crippen molar-refractivity contribution in [3.8, 4) is 11.8 Å². The van der Waals surface area contributed by atoms with Crippen molar-refractivity contribution in [1.29, 1.82) is 0 Å². The maximum Gasteiger partial charge on any atom is 0.425 e. The van der Waals surface area contributed by atoms with Crippen molar-refractivity contribution in [1.82, 2.24) is 0 Å². The Kier molecular flexibility index (Phi) is 6.22. The SMILES string of the molecule is C=C1/C(=C\C=C2/CCCC3(C)C(C4(CC#CC(O)C(F)(F)F)CC4)=CCC23)CCCC1F. The molecule has 4 atom stereocenters. The van der Waals surface area contributed by atoms with E-state index in [1.165, 1.54) is 11.1 Å². The molecule has 0 spiro atoms. The maximum absolute atomic E-state index is 14.0. The first-order valence-electron chi connectivity index (χ1n) is 11.7. The summed E-state index contributed by atoms with van der Waals surface area (Å²) < 4.78 is 51.7. The fourth-order valence-corrected chi connectivity index (χ4v) is 6.14. The van der Waals surface area contributed by atoms with Gasteiger partial charge in [0, 0.05) is 11.8 Å². The molecule has 0 heterocycles. The van der Waals surface area contributed by atoms with Crippen molar-refractivity contribution in [2.24, 2.45) is 16.7 Å². The Morgan fingerprint density at radius 3 is 2.66 bits per heavy atom. The quantitative estimate of drug-likeness (QED) is 0.276. The van der Waals surface area contributed by atoms with Gasteiger partial charge < -0.3 is 5.11 Å². The van der Waals surface area contributed by atoms with Crippen LogP contribution in [-0.2, 0) is 0 Å². The van der Waals surface area contributed by atoms with Crippen molar-refractivity contribution in [3.05, 3.63) is 47.1 Å². The van der Waals surface area contributed by atoms with Crippen LogP contribution in [0, 0.1) is 28.6 Å². The van der Waals surface area contributed by atoms with Crippen molar-refractivity contribution in [2.45, 2.75) is 89.6 Å². The smallest absolute Gasteiger partial charge is 0.372 e. The zero-order chi connectivity index (χ0) is 23.1. The number of alkyl halides is 4. The molecule has 1 N–H and O–H groups in total. The highest BCUT2D eigenvalue weighted by Crippen LogP contribution is 2.67. The van der Waals surface area contributed by atoms with Gasteiger partial charge >= 0.3 is 6.18 Å². The molecule has 0 aromatic heterocycles. The number of hydrogen-bond acceptors (Lipinski definition) is 1. The third-order valence-corrected chi connectivity index (χ3v) is 8.14. The van der Waals surface area contributed by atoms with Crippen LogP contribution < -0.4 is 0 Å². The van der Waals surface area contributed by atoms with Crippen molar-refractivity contribution < 1.29 is 22.7 Å². The molecule has 4 aliphatic carbocycles. The normalized spacial score (nSPS) is 35.2. The lowest BCUT2D eigenvalue weighted by atomic mass is 9.61. The van der Waals surface area contributed by atoms with E-state index < -0.39 is 18.5 Å². The van der Waals surface area contributed by atoms with Crippen molar-refractivity contribution in [3.63, 3.8) is 0 Å². The second kappa shape index (κ2) is 8.52. The van der Waals surface area contributed by atoms with Gasteiger partial charge in [-0.2, -0.15) is 13.2 Å². The molecule has 3 saturated carbocycles. The van der Waals surface area contributed by atoms with Crippen LogP contribution in [0.1, 0.15) is 71.1 Å². The van der Waals surface area contributed by atoms with Crippen LogP contribution in [0.25, 0.3) is 0 Å². The van der Waals surface area contributed by atoms with Crippen LogP contribution in [0.2, 0.25) is 0 Å². The molecule has 3 fully saturated rings. The van der Waals surface area contributed by atoms with E-state index in [4.69, 9.17) is 0 Å². The van der Waals surface area contributed by atoms with E-state index in [2.05, 4.69) is 37.7 Å². The van der Waals surface area contributed by atoms with Gasteiger partial charge in [0.05, 0.1) is 0 Å². The Hall–Kier alpha value is -1.80. The molecular weight excluding hydrogens is 416 g/mol. The van der Waals surface area contributed by atoms with E-state index >= 15 is 0 Å². The van der Waals surface area contributed by atoms with Crippen LogP contribution >= 0.6 is 0 Å². The monoisotopic (exact) mass is 448 g/mol. The Labute approximate surface area is 188 Å². The highest BCUT2D eigenvalue weighted by Gasteiger charge is 2.56. The van der Waals surface area contributed by atoms with Crippen molar-refractivity contribution in [2.75, 3.05) is 0 Å². The lowest BCUT2D eigenvalue weighted by molar-refractivity contribution is -0.184. The fraction of sp³-hybridized carbons (Fsp3) is 0.630. The lowest BCUT2D eigenvalue weighted by Crippen LogP contribution is -2.33. The van der Waals surface area contributed by atoms with Crippen LogP contribution in [0.3, 0.4) is 0 Å². The van der Waals surface area contributed by atoms with Gasteiger partial charge in [0.25, 0.3) is 0 Å². The molecule has 5 heteroatoms. The molecule has 32 heavy (non-hydrogen) atoms. The van der Waals surface area contributed by atoms with Gasteiger partial charge in [-0.15, -0.1) is 0 Å². The zero-order valence-electron chi connectivity index (χ0n) is 18.7. The van der Waals surface area contributed by atoms with E-state index in [9.17, 15) is 22.7 Å². The summed E-state index contributed by atoms with van der Waals surface area (Å²) in [6, 6.07) is 0. The van der Waals surface area contributed by atoms with Gasteiger partial charge in [-0.1, -0.05) is 54.7 Å². The molecule has 4 unspecified atom stereocenters. The average molecular weight is 449 g/mol. The third-order valence-electron chi connectivity index (χ3n) is 8.14. The van der Waals surface area contributed by atoms with E-state index in [0.29, 0.717) is 24.3 Å². The minimum absolute atomic E-state index is 0.00435. The predicted molar refractivity (Wildman–Crippen MR) is 118 cm³/mol. The highest BCUT2D eigenvalue weighted by molar-refractivity contribution is 5.42. The van der Waals surface area contributed by atoms with E-state index in [0.717, 1.165) is 56.9 Å². The van der Waals surface area contributed by atoms with Gasteiger partial charge in [-0.05, 0) is 80.3 Å². The fourth-order valence-electron chi connectivity index (χ4n) is 6.14. The van der Waals surface area contributed by atoms with Gasteiger partial charge in [-0.25, -0.2) is 4.39 Å². The third kappa shape index (κ3) is 4.36. The van der Waals surface area contributed by atoms with E-state index in [1.54, 1.807) is 0 Å². The molecule has 4 rings (SSSR count).